The van der Waals surface area contributed by atoms with Crippen LogP contribution in [0, 0.1) is 6.92 Å². The van der Waals surface area contributed by atoms with E-state index in [2.05, 4.69) is 31.5 Å². The number of H-pyrrole nitrogens is 1. The van der Waals surface area contributed by atoms with Crippen LogP contribution in [0.15, 0.2) is 78.2 Å². The van der Waals surface area contributed by atoms with Crippen LogP contribution < -0.4 is 5.32 Å². The zero-order chi connectivity index (χ0) is 22.8. The van der Waals surface area contributed by atoms with E-state index in [0.717, 1.165) is 27.7 Å². The van der Waals surface area contributed by atoms with Crippen molar-refractivity contribution < 1.29 is 4.79 Å². The number of carbonyl (C=O) groups excluding carboxylic acids is 1. The van der Waals surface area contributed by atoms with Gasteiger partial charge in [-0.3, -0.25) is 9.36 Å². The number of aromatic amines is 1. The Hall–Kier alpha value is -3.62. The molecule has 0 aliphatic carbocycles. The number of hydrogen-bond donors (Lipinski definition) is 2. The lowest BCUT2D eigenvalue weighted by Crippen LogP contribution is -2.15. The van der Waals surface area contributed by atoms with Gasteiger partial charge >= 0.3 is 0 Å². The van der Waals surface area contributed by atoms with Crippen LogP contribution in [0.3, 0.4) is 0 Å². The number of nitrogens with one attached hydrogen (secondary N) is 2. The minimum Gasteiger partial charge on any atom is -0.360 e. The molecule has 3 aromatic heterocycles. The average molecular weight is 475 g/mol. The number of fused-ring (bicyclic) bond motifs is 1. The van der Waals surface area contributed by atoms with Gasteiger partial charge in [0.05, 0.1) is 16.5 Å². The average Bonchev–Trinajstić information content (AvgIpc) is 3.43. The van der Waals surface area contributed by atoms with E-state index in [0.29, 0.717) is 21.8 Å². The number of nitrogens with zero attached hydrogens (tertiary/aromatic N) is 4. The van der Waals surface area contributed by atoms with Gasteiger partial charge in [0.2, 0.25) is 5.91 Å². The molecular formula is C24H19ClN6OS. The van der Waals surface area contributed by atoms with Crippen molar-refractivity contribution >= 4 is 46.0 Å². The number of para-hydroxylation sites is 2. The number of rotatable bonds is 6. The van der Waals surface area contributed by atoms with Crippen molar-refractivity contribution in [3.63, 3.8) is 0 Å². The summed E-state index contributed by atoms with van der Waals surface area (Å²) in [4.78, 5) is 19.9. The molecule has 0 aliphatic heterocycles. The normalized spacial score (nSPS) is 11.1. The fraction of sp³-hybridized carbons (Fsp3) is 0.0833. The summed E-state index contributed by atoms with van der Waals surface area (Å²) in [7, 11) is 0. The zero-order valence-corrected chi connectivity index (χ0v) is 19.2. The fourth-order valence-electron chi connectivity index (χ4n) is 3.58. The Morgan fingerprint density at radius 1 is 1.09 bits per heavy atom. The first-order valence-corrected chi connectivity index (χ1v) is 11.6. The SMILES string of the molecule is Cc1ccccc1-n1c(SCC(=O)Nc2ccc(Cl)cn2)nnc1-c1c[nH]c2ccccc12. The molecular weight excluding hydrogens is 456 g/mol. The summed E-state index contributed by atoms with van der Waals surface area (Å²) >= 11 is 7.18. The van der Waals surface area contributed by atoms with E-state index in [9.17, 15) is 4.79 Å². The quantitative estimate of drug-likeness (QED) is 0.317. The Labute approximate surface area is 199 Å². The molecule has 7 nitrogen and oxygen atoms in total. The Morgan fingerprint density at radius 3 is 2.73 bits per heavy atom. The molecule has 0 spiro atoms. The van der Waals surface area contributed by atoms with Crippen LogP contribution in [0.1, 0.15) is 5.56 Å². The van der Waals surface area contributed by atoms with Crippen molar-refractivity contribution in [1.29, 1.82) is 0 Å². The van der Waals surface area contributed by atoms with E-state index >= 15 is 0 Å². The largest absolute Gasteiger partial charge is 0.360 e. The molecule has 1 amide bonds. The van der Waals surface area contributed by atoms with E-state index in [4.69, 9.17) is 11.6 Å². The maximum Gasteiger partial charge on any atom is 0.236 e. The van der Waals surface area contributed by atoms with Gasteiger partial charge in [-0.1, -0.05) is 59.8 Å². The molecule has 5 rings (SSSR count). The molecule has 0 atom stereocenters. The van der Waals surface area contributed by atoms with E-state index in [1.54, 1.807) is 12.1 Å². The predicted molar refractivity (Wildman–Crippen MR) is 132 cm³/mol. The number of halogens is 1. The Bertz CT molecular complexity index is 1440. The van der Waals surface area contributed by atoms with Crippen LogP contribution in [0.2, 0.25) is 5.02 Å². The van der Waals surface area contributed by atoms with Gasteiger partial charge in [-0.05, 0) is 36.8 Å². The second-order valence-electron chi connectivity index (χ2n) is 7.37. The number of amides is 1. The van der Waals surface area contributed by atoms with Gasteiger partial charge in [-0.15, -0.1) is 10.2 Å². The highest BCUT2D eigenvalue weighted by Crippen LogP contribution is 2.33. The van der Waals surface area contributed by atoms with Crippen molar-refractivity contribution in [1.82, 2.24) is 24.7 Å². The number of aryl methyl sites for hydroxylation is 1. The molecule has 2 aromatic carbocycles. The second-order valence-corrected chi connectivity index (χ2v) is 8.75. The van der Waals surface area contributed by atoms with Crippen molar-refractivity contribution in [3.05, 3.63) is 83.6 Å². The highest BCUT2D eigenvalue weighted by Gasteiger charge is 2.20. The molecule has 3 heterocycles. The lowest BCUT2D eigenvalue weighted by Gasteiger charge is -2.12. The Morgan fingerprint density at radius 2 is 1.91 bits per heavy atom. The highest BCUT2D eigenvalue weighted by molar-refractivity contribution is 7.99. The van der Waals surface area contributed by atoms with E-state index in [1.165, 1.54) is 18.0 Å². The van der Waals surface area contributed by atoms with Crippen LogP contribution in [0.5, 0.6) is 0 Å². The fourth-order valence-corrected chi connectivity index (χ4v) is 4.44. The molecule has 0 saturated heterocycles. The lowest BCUT2D eigenvalue weighted by atomic mass is 10.1. The summed E-state index contributed by atoms with van der Waals surface area (Å²) in [5.74, 6) is 1.12. The third-order valence-electron chi connectivity index (χ3n) is 5.15. The minimum atomic E-state index is -0.192. The van der Waals surface area contributed by atoms with Crippen LogP contribution in [0.4, 0.5) is 5.82 Å². The molecule has 0 fully saturated rings. The molecule has 33 heavy (non-hydrogen) atoms. The molecule has 0 saturated carbocycles. The van der Waals surface area contributed by atoms with Crippen LogP contribution in [-0.4, -0.2) is 36.4 Å². The monoisotopic (exact) mass is 474 g/mol. The number of carbonyl (C=O) groups is 1. The Balaban J connectivity index is 1.48. The first-order valence-electron chi connectivity index (χ1n) is 10.2. The summed E-state index contributed by atoms with van der Waals surface area (Å²) in [5, 5.41) is 13.9. The van der Waals surface area contributed by atoms with Gasteiger partial charge in [-0.2, -0.15) is 0 Å². The molecule has 0 bridgehead atoms. The summed E-state index contributed by atoms with van der Waals surface area (Å²) < 4.78 is 2.00. The number of pyridine rings is 1. The third-order valence-corrected chi connectivity index (χ3v) is 6.30. The zero-order valence-electron chi connectivity index (χ0n) is 17.6. The van der Waals surface area contributed by atoms with Gasteiger partial charge in [-0.25, -0.2) is 4.98 Å². The Kier molecular flexibility index (Phi) is 5.85. The summed E-state index contributed by atoms with van der Waals surface area (Å²) in [6.45, 7) is 2.04. The van der Waals surface area contributed by atoms with Gasteiger partial charge in [0.1, 0.15) is 5.82 Å². The third kappa shape index (κ3) is 4.35. The maximum atomic E-state index is 12.5. The molecule has 2 N–H and O–H groups in total. The summed E-state index contributed by atoms with van der Waals surface area (Å²) in [5.41, 5.74) is 4.01. The van der Waals surface area contributed by atoms with Crippen LogP contribution >= 0.6 is 23.4 Å². The predicted octanol–water partition coefficient (Wildman–Crippen LogP) is 5.50. The van der Waals surface area contributed by atoms with Gasteiger partial charge in [0, 0.05) is 28.9 Å². The smallest absolute Gasteiger partial charge is 0.236 e. The van der Waals surface area contributed by atoms with E-state index < -0.39 is 0 Å². The molecule has 9 heteroatoms. The van der Waals surface area contributed by atoms with E-state index in [1.807, 2.05) is 60.2 Å². The van der Waals surface area contributed by atoms with E-state index in [-0.39, 0.29) is 11.7 Å². The summed E-state index contributed by atoms with van der Waals surface area (Å²) in [6.07, 6.45) is 3.43. The number of benzene rings is 2. The maximum absolute atomic E-state index is 12.5. The van der Waals surface area contributed by atoms with Gasteiger partial charge < -0.3 is 10.3 Å². The molecule has 0 radical (unpaired) electrons. The standard InChI is InChI=1S/C24H19ClN6OS/c1-15-6-2-5-9-20(15)31-23(18-13-26-19-8-4-3-7-17(18)19)29-30-24(31)33-14-22(32)28-21-11-10-16(25)12-27-21/h2-13,26H,14H2,1H3,(H,27,28,32). The van der Waals surface area contributed by atoms with Crippen LogP contribution in [-0.2, 0) is 4.79 Å². The van der Waals surface area contributed by atoms with Gasteiger partial charge in [0.25, 0.3) is 0 Å². The molecule has 0 aliphatic rings. The number of hydrogen-bond acceptors (Lipinski definition) is 5. The van der Waals surface area contributed by atoms with Crippen molar-refractivity contribution in [2.24, 2.45) is 0 Å². The molecule has 164 valence electrons. The van der Waals surface area contributed by atoms with Crippen LogP contribution in [0.25, 0.3) is 28.0 Å². The number of anilines is 1. The first kappa shape index (κ1) is 21.2. The second kappa shape index (κ2) is 9.09. The summed E-state index contributed by atoms with van der Waals surface area (Å²) in [6, 6.07) is 19.5. The minimum absolute atomic E-state index is 0.155. The highest BCUT2D eigenvalue weighted by atomic mass is 35.5. The molecule has 5 aromatic rings. The topological polar surface area (TPSA) is 88.5 Å². The van der Waals surface area contributed by atoms with Crippen molar-refractivity contribution in [2.75, 3.05) is 11.1 Å². The van der Waals surface area contributed by atoms with Crippen molar-refractivity contribution in [3.8, 4) is 17.1 Å². The lowest BCUT2D eigenvalue weighted by molar-refractivity contribution is -0.113. The van der Waals surface area contributed by atoms with Gasteiger partial charge in [0.15, 0.2) is 11.0 Å². The molecule has 0 unspecified atom stereocenters. The first-order chi connectivity index (χ1) is 16.1. The van der Waals surface area contributed by atoms with Crippen molar-refractivity contribution in [2.45, 2.75) is 12.1 Å². The number of aromatic nitrogens is 5. The number of thioether (sulfide) groups is 1.